The zero-order valence-electron chi connectivity index (χ0n) is 17.5. The number of hydrogen-bond donors (Lipinski definition) is 0. The van der Waals surface area contributed by atoms with Crippen LogP contribution in [0.25, 0.3) is 0 Å². The molecule has 1 aliphatic carbocycles. The second-order valence-corrected chi connectivity index (χ2v) is 8.13. The summed E-state index contributed by atoms with van der Waals surface area (Å²) in [5, 5.41) is 0. The van der Waals surface area contributed by atoms with Crippen molar-refractivity contribution >= 4 is 3.21 Å². The number of aryl methyl sites for hydroxylation is 1. The zero-order chi connectivity index (χ0) is 19.8. The van der Waals surface area contributed by atoms with Gasteiger partial charge in [-0.05, 0) is 5.92 Å². The Morgan fingerprint density at radius 3 is 1.73 bits per heavy atom. The molecule has 3 aromatic rings. The Bertz CT molecular complexity index is 900. The molecule has 0 saturated carbocycles. The molecule has 0 aliphatic heterocycles. The van der Waals surface area contributed by atoms with Gasteiger partial charge in [0.1, 0.15) is 0 Å². The second-order valence-electron chi connectivity index (χ2n) is 6.90. The Morgan fingerprint density at radius 1 is 0.800 bits per heavy atom. The summed E-state index contributed by atoms with van der Waals surface area (Å²) in [6.45, 7) is 4.49. The fourth-order valence-electron chi connectivity index (χ4n) is 3.67. The van der Waals surface area contributed by atoms with E-state index in [4.69, 9.17) is 0 Å². The van der Waals surface area contributed by atoms with Crippen LogP contribution >= 0.6 is 0 Å². The van der Waals surface area contributed by atoms with E-state index in [9.17, 15) is 0 Å². The number of hydrogen-bond acceptors (Lipinski definition) is 0. The van der Waals surface area contributed by atoms with E-state index in [1.807, 2.05) is 0 Å². The van der Waals surface area contributed by atoms with E-state index in [0.29, 0.717) is 5.92 Å². The normalized spacial score (nSPS) is 11.9. The number of rotatable bonds is 5. The predicted molar refractivity (Wildman–Crippen MR) is 118 cm³/mol. The van der Waals surface area contributed by atoms with Gasteiger partial charge in [0.2, 0.25) is 0 Å². The predicted octanol–water partition coefficient (Wildman–Crippen LogP) is 0.550. The molecular weight excluding hydrogens is 486 g/mol. The molecule has 3 heteroatoms. The molecule has 0 unspecified atom stereocenters. The van der Waals surface area contributed by atoms with E-state index in [2.05, 4.69) is 111 Å². The minimum atomic E-state index is 0. The van der Waals surface area contributed by atoms with Crippen LogP contribution in [-0.4, -0.2) is 3.21 Å². The summed E-state index contributed by atoms with van der Waals surface area (Å²) in [6.07, 6.45) is 11.1. The SMILES string of the molecule is CCc1c(C2C=CC=C2)cc[c-]1CC.[Cl-].[Cl-].[Zr+2]=[C](c1ccccc1)c1ccccc1. The molecule has 0 N–H and O–H groups in total. The molecule has 3 aromatic carbocycles. The first-order valence-electron chi connectivity index (χ1n) is 10.1. The first-order valence-corrected chi connectivity index (χ1v) is 11.3. The summed E-state index contributed by atoms with van der Waals surface area (Å²) < 4.78 is 1.42. The molecule has 0 bridgehead atoms. The minimum absolute atomic E-state index is 0. The van der Waals surface area contributed by atoms with Gasteiger partial charge in [0, 0.05) is 0 Å². The second kappa shape index (κ2) is 13.8. The Labute approximate surface area is 208 Å². The van der Waals surface area contributed by atoms with Gasteiger partial charge in [-0.3, -0.25) is 0 Å². The van der Waals surface area contributed by atoms with Crippen LogP contribution in [0.2, 0.25) is 0 Å². The van der Waals surface area contributed by atoms with Crippen molar-refractivity contribution in [3.8, 4) is 0 Å². The first-order chi connectivity index (χ1) is 13.7. The first kappa shape index (κ1) is 26.6. The van der Waals surface area contributed by atoms with Crippen LogP contribution in [0, 0.1) is 0 Å². The van der Waals surface area contributed by atoms with Gasteiger partial charge in [0.25, 0.3) is 0 Å². The fourth-order valence-corrected chi connectivity index (χ4v) is 4.49. The monoisotopic (exact) mass is 511 g/mol. The topological polar surface area (TPSA) is 0 Å². The van der Waals surface area contributed by atoms with Crippen LogP contribution in [-0.2, 0) is 37.1 Å². The molecule has 0 nitrogen and oxygen atoms in total. The summed E-state index contributed by atoms with van der Waals surface area (Å²) in [7, 11) is 0. The van der Waals surface area contributed by atoms with Gasteiger partial charge < -0.3 is 24.8 Å². The summed E-state index contributed by atoms with van der Waals surface area (Å²) in [5.41, 5.74) is 7.26. The molecule has 0 atom stereocenters. The van der Waals surface area contributed by atoms with Crippen LogP contribution in [0.15, 0.2) is 97.1 Å². The van der Waals surface area contributed by atoms with Crippen LogP contribution in [0.5, 0.6) is 0 Å². The molecule has 4 rings (SSSR count). The number of allylic oxidation sites excluding steroid dienone is 4. The third kappa shape index (κ3) is 6.81. The van der Waals surface area contributed by atoms with E-state index >= 15 is 0 Å². The van der Waals surface area contributed by atoms with E-state index in [1.165, 1.54) is 49.7 Å². The van der Waals surface area contributed by atoms with Crippen molar-refractivity contribution in [1.29, 1.82) is 0 Å². The fraction of sp³-hybridized carbons (Fsp3) is 0.185. The van der Waals surface area contributed by atoms with Crippen molar-refractivity contribution in [2.24, 2.45) is 0 Å². The van der Waals surface area contributed by atoms with E-state index in [0.717, 1.165) is 12.8 Å². The maximum atomic E-state index is 2.29. The number of benzene rings is 2. The van der Waals surface area contributed by atoms with Gasteiger partial charge in [-0.1, -0.05) is 51.0 Å². The zero-order valence-corrected chi connectivity index (χ0v) is 21.5. The van der Waals surface area contributed by atoms with Crippen molar-refractivity contribution in [2.75, 3.05) is 0 Å². The van der Waals surface area contributed by atoms with Gasteiger partial charge in [-0.25, -0.2) is 6.07 Å². The summed E-state index contributed by atoms with van der Waals surface area (Å²) in [5.74, 6) is 0.533. The van der Waals surface area contributed by atoms with Gasteiger partial charge in [-0.15, -0.1) is 0 Å². The van der Waals surface area contributed by atoms with Gasteiger partial charge in [-0.2, -0.15) is 22.8 Å². The third-order valence-electron chi connectivity index (χ3n) is 5.17. The Kier molecular flexibility index (Phi) is 12.3. The average molecular weight is 514 g/mol. The van der Waals surface area contributed by atoms with Gasteiger partial charge in [0.05, 0.1) is 0 Å². The standard InChI is InChI=1S/C14H17.C13H10.2ClH.Zr/c1-3-11-9-10-14(13(11)4-2)12-7-5-6-8-12;1-3-7-12(8-4-1)11-13-9-5-2-6-10-13;;;/h5-10,12H,3-4H2,1-2H3;1-10H;2*1H;/q-1;;;;+2/p-2. The number of halogens is 2. The van der Waals surface area contributed by atoms with E-state index < -0.39 is 0 Å². The molecule has 0 fully saturated rings. The Morgan fingerprint density at radius 2 is 1.30 bits per heavy atom. The van der Waals surface area contributed by atoms with Crippen LogP contribution in [0.3, 0.4) is 0 Å². The van der Waals surface area contributed by atoms with E-state index in [-0.39, 0.29) is 24.8 Å². The Hall–Kier alpha value is -1.40. The Balaban J connectivity index is 0.000000281. The molecule has 0 amide bonds. The quantitative estimate of drug-likeness (QED) is 0.438. The van der Waals surface area contributed by atoms with Crippen molar-refractivity contribution in [2.45, 2.75) is 32.6 Å². The van der Waals surface area contributed by atoms with Crippen LogP contribution in [0.1, 0.15) is 47.6 Å². The third-order valence-corrected chi connectivity index (χ3v) is 6.59. The van der Waals surface area contributed by atoms with Crippen molar-refractivity contribution < 1.29 is 49.0 Å². The molecule has 154 valence electrons. The molecule has 1 aliphatic rings. The van der Waals surface area contributed by atoms with Crippen molar-refractivity contribution in [1.82, 2.24) is 0 Å². The van der Waals surface area contributed by atoms with Crippen LogP contribution in [0.4, 0.5) is 0 Å². The molecule has 0 aromatic heterocycles. The van der Waals surface area contributed by atoms with Crippen LogP contribution < -0.4 is 24.8 Å². The summed E-state index contributed by atoms with van der Waals surface area (Å²) >= 11 is 1.46. The van der Waals surface area contributed by atoms with Crippen molar-refractivity contribution in [3.63, 3.8) is 0 Å². The van der Waals surface area contributed by atoms with Gasteiger partial charge >= 0.3 is 99.2 Å². The van der Waals surface area contributed by atoms with Gasteiger partial charge in [0.15, 0.2) is 0 Å². The molecule has 0 radical (unpaired) electrons. The van der Waals surface area contributed by atoms with E-state index in [1.54, 1.807) is 5.56 Å². The maximum absolute atomic E-state index is 2.29. The van der Waals surface area contributed by atoms with Crippen molar-refractivity contribution in [3.05, 3.63) is 125 Å². The summed E-state index contributed by atoms with van der Waals surface area (Å²) in [6, 6.07) is 25.7. The molecular formula is C27H27Cl2Zr-. The average Bonchev–Trinajstić information content (AvgIpc) is 3.44. The molecule has 30 heavy (non-hydrogen) atoms. The summed E-state index contributed by atoms with van der Waals surface area (Å²) in [4.78, 5) is 0. The molecule has 0 heterocycles. The molecule has 0 saturated heterocycles. The molecule has 0 spiro atoms.